The van der Waals surface area contributed by atoms with Crippen molar-refractivity contribution in [1.29, 1.82) is 0 Å². The number of rotatable bonds is 14. The monoisotopic (exact) mass is 1830 g/mol. The maximum atomic E-state index is 13.8. The predicted octanol–water partition coefficient (Wildman–Crippen LogP) is 22.9. The third-order valence-corrected chi connectivity index (χ3v) is 25.2. The van der Waals surface area contributed by atoms with Crippen LogP contribution in [0.3, 0.4) is 0 Å². The average molecular weight is 1830 g/mol. The van der Waals surface area contributed by atoms with Crippen molar-refractivity contribution in [2.24, 2.45) is 0 Å². The standard InChI is InChI=1S/C26H24N4O.C24H21FN4O.C24H22N4O.C20H15FN4.C20H16N4/c1-3-19(18-6-7-18)15-21(4-1)25-22(5-2-10-27-25)20-8-9-24-23(16-20)26(29-17-28-24)30-11-13-31-14-12-30;1-16-13-18(4-6-21(16)25)23-19(3-2-8-26-23)17-5-7-22-20(14-17)24(28-15-27-22)29-9-11-30-12-10-29;1-17-4-2-5-19(14-17)23-20(6-3-9-25-23)18-7-8-22-21(15-18)24(27-16-26-22)28-10-12-29-13-11-28;1-12-9-14(4-6-17(12)21)19-16(3-2-8-23-19)13-5-7-18-15(10-13)11-24-20(22)25-18;1-13-4-2-5-15(10-13)19-17(6-3-9-22-19)14-7-8-18-16(11-14)12-23-20(21)24-18/h1-5,8-10,15-18H,6-7,11-14H2;2-8,13-15H,9-12H2,1H3;2-9,14-16H,10-13H2,1H3;2-11H,1H3,(H2,22,24,25);2-12H,1H3,(H2,21,23,24). The van der Waals surface area contributed by atoms with Gasteiger partial charge in [-0.05, 0) is 237 Å². The minimum Gasteiger partial charge on any atom is -0.378 e. The van der Waals surface area contributed by atoms with Crippen LogP contribution in [-0.4, -0.2) is 154 Å². The Balaban J connectivity index is 0.000000107. The molecule has 0 spiro atoms. The molecule has 4 N–H and O–H groups in total. The zero-order valence-electron chi connectivity index (χ0n) is 77.3. The van der Waals surface area contributed by atoms with Crippen LogP contribution in [-0.2, 0) is 14.2 Å². The van der Waals surface area contributed by atoms with Gasteiger partial charge in [-0.2, -0.15) is 0 Å². The zero-order chi connectivity index (χ0) is 94.7. The molecular weight excluding hydrogens is 1740 g/mol. The average Bonchev–Trinajstić information content (AvgIpc) is 1.35. The molecule has 13 heterocycles. The van der Waals surface area contributed by atoms with E-state index in [-0.39, 0.29) is 23.5 Å². The summed E-state index contributed by atoms with van der Waals surface area (Å²) < 4.78 is 43.9. The molecule has 139 heavy (non-hydrogen) atoms. The topological polar surface area (TPSA) is 283 Å². The second-order valence-electron chi connectivity index (χ2n) is 34.7. The van der Waals surface area contributed by atoms with Crippen molar-refractivity contribution in [3.63, 3.8) is 0 Å². The summed E-state index contributed by atoms with van der Waals surface area (Å²) in [5.41, 5.74) is 41.2. The van der Waals surface area contributed by atoms with Crippen molar-refractivity contribution in [3.8, 4) is 112 Å². The lowest BCUT2D eigenvalue weighted by atomic mass is 9.96. The number of nitrogen functional groups attached to an aromatic ring is 2. The number of hydrogen-bond acceptors (Lipinski definition) is 23. The predicted molar refractivity (Wildman–Crippen MR) is 550 cm³/mol. The molecule has 0 amide bonds. The molecule has 3 aliphatic heterocycles. The SMILES string of the molecule is Cc1cc(-c2ncccc2-c2ccc3nc(N)ncc3c2)ccc1F.Cc1cc(-c2ncccc2-c2ccc3ncnc(N4CCOCC4)c3c2)ccc1F.Cc1cccc(-c2ncccc2-c2ccc3nc(N)ncc3c2)c1.Cc1cccc(-c2ncccc2-c2ccc3ncnc(N4CCOCC4)c3c2)c1.c1cc(-c2ncccc2-c2ccc3ncnc(N4CCOCC4)c3c2)cc(C2CC2)c1. The van der Waals surface area contributed by atoms with Crippen LogP contribution in [0, 0.1) is 39.3 Å². The number of fused-ring (bicyclic) bond motifs is 5. The molecular formula is C114H98F2N20O3. The van der Waals surface area contributed by atoms with E-state index < -0.39 is 0 Å². The van der Waals surface area contributed by atoms with Gasteiger partial charge in [-0.25, -0.2) is 58.6 Å². The number of ether oxygens (including phenoxy) is 3. The highest BCUT2D eigenvalue weighted by Crippen LogP contribution is 2.44. The number of aromatic nitrogens is 15. The molecule has 25 heteroatoms. The van der Waals surface area contributed by atoms with E-state index in [1.807, 2.05) is 110 Å². The van der Waals surface area contributed by atoms with E-state index in [4.69, 9.17) is 35.6 Å². The number of anilines is 5. The number of halogens is 2. The molecule has 3 saturated heterocycles. The Bertz CT molecular complexity index is 7910. The molecule has 1 aliphatic carbocycles. The Hall–Kier alpha value is -16.6. The summed E-state index contributed by atoms with van der Waals surface area (Å²) >= 11 is 0. The van der Waals surface area contributed by atoms with Crippen molar-refractivity contribution in [2.45, 2.75) is 46.5 Å². The quantitative estimate of drug-likeness (QED) is 0.102. The van der Waals surface area contributed by atoms with E-state index in [1.165, 1.54) is 47.2 Å². The van der Waals surface area contributed by atoms with Gasteiger partial charge < -0.3 is 40.4 Å². The second kappa shape index (κ2) is 41.3. The molecule has 24 rings (SSSR count). The van der Waals surface area contributed by atoms with Crippen LogP contribution in [0.4, 0.5) is 38.1 Å². The molecule has 20 aromatic rings. The molecule has 4 aliphatic rings. The van der Waals surface area contributed by atoms with Gasteiger partial charge in [-0.3, -0.25) is 24.9 Å². The second-order valence-corrected chi connectivity index (χ2v) is 34.7. The van der Waals surface area contributed by atoms with Gasteiger partial charge in [0.15, 0.2) is 0 Å². The van der Waals surface area contributed by atoms with Crippen LogP contribution in [0.15, 0.2) is 323 Å². The lowest BCUT2D eigenvalue weighted by Crippen LogP contribution is -2.36. The Labute approximate surface area is 802 Å². The molecule has 0 atom stereocenters. The first-order valence-corrected chi connectivity index (χ1v) is 46.5. The summed E-state index contributed by atoms with van der Waals surface area (Å²) in [6.45, 7) is 17.0. The molecule has 4 fully saturated rings. The van der Waals surface area contributed by atoms with Gasteiger partial charge in [-0.15, -0.1) is 0 Å². The zero-order valence-corrected chi connectivity index (χ0v) is 77.3. The largest absolute Gasteiger partial charge is 0.378 e. The van der Waals surface area contributed by atoms with Crippen LogP contribution in [0.1, 0.15) is 46.6 Å². The fourth-order valence-corrected chi connectivity index (χ4v) is 18.0. The van der Waals surface area contributed by atoms with Crippen molar-refractivity contribution >= 4 is 83.9 Å². The van der Waals surface area contributed by atoms with E-state index in [0.29, 0.717) is 24.3 Å². The van der Waals surface area contributed by atoms with Gasteiger partial charge in [-0.1, -0.05) is 126 Å². The maximum Gasteiger partial charge on any atom is 0.220 e. The van der Waals surface area contributed by atoms with Crippen molar-refractivity contribution in [3.05, 3.63) is 363 Å². The highest BCUT2D eigenvalue weighted by atomic mass is 19.1. The number of nitrogens with zero attached hydrogens (tertiary/aromatic N) is 18. The Morgan fingerprint density at radius 1 is 0.281 bits per heavy atom. The minimum atomic E-state index is -0.221. The van der Waals surface area contributed by atoms with Gasteiger partial charge in [0.05, 0.1) is 95.7 Å². The molecule has 10 aromatic heterocycles. The summed E-state index contributed by atoms with van der Waals surface area (Å²) in [7, 11) is 0. The van der Waals surface area contributed by atoms with Gasteiger partial charge in [0, 0.05) is 165 Å². The number of benzene rings is 10. The molecule has 0 radical (unpaired) electrons. The van der Waals surface area contributed by atoms with Crippen LogP contribution in [0.2, 0.25) is 0 Å². The minimum absolute atomic E-state index is 0.214. The van der Waals surface area contributed by atoms with Crippen molar-refractivity contribution < 1.29 is 23.0 Å². The maximum absolute atomic E-state index is 13.8. The number of pyridine rings is 5. The number of nitrogens with two attached hydrogens (primary N) is 2. The summed E-state index contributed by atoms with van der Waals surface area (Å²) in [4.78, 5) is 73.9. The smallest absolute Gasteiger partial charge is 0.220 e. The van der Waals surface area contributed by atoms with Crippen LogP contribution in [0.5, 0.6) is 0 Å². The van der Waals surface area contributed by atoms with Crippen molar-refractivity contribution in [2.75, 3.05) is 105 Å². The van der Waals surface area contributed by atoms with Crippen LogP contribution in [0.25, 0.3) is 166 Å². The molecule has 0 bridgehead atoms. The van der Waals surface area contributed by atoms with Gasteiger partial charge in [0.25, 0.3) is 0 Å². The first-order chi connectivity index (χ1) is 68.2. The first kappa shape index (κ1) is 90.2. The summed E-state index contributed by atoms with van der Waals surface area (Å²) in [5.74, 6) is 3.71. The summed E-state index contributed by atoms with van der Waals surface area (Å²) in [5, 5.41) is 4.99. The Morgan fingerprint density at radius 2 is 0.583 bits per heavy atom. The van der Waals surface area contributed by atoms with E-state index >= 15 is 0 Å². The molecule has 1 saturated carbocycles. The number of morpholine rings is 3. The van der Waals surface area contributed by atoms with Crippen LogP contribution >= 0.6 is 0 Å². The highest BCUT2D eigenvalue weighted by Gasteiger charge is 2.27. The molecule has 23 nitrogen and oxygen atoms in total. The number of hydrogen-bond donors (Lipinski definition) is 2. The first-order valence-electron chi connectivity index (χ1n) is 46.5. The van der Waals surface area contributed by atoms with Crippen molar-refractivity contribution in [1.82, 2.24) is 74.8 Å². The van der Waals surface area contributed by atoms with E-state index in [0.717, 1.165) is 250 Å². The fourth-order valence-electron chi connectivity index (χ4n) is 18.0. The van der Waals surface area contributed by atoms with Gasteiger partial charge in [0.2, 0.25) is 11.9 Å². The summed E-state index contributed by atoms with van der Waals surface area (Å²) in [6.07, 6.45) is 20.0. The van der Waals surface area contributed by atoms with E-state index in [2.05, 4.69) is 239 Å². The van der Waals surface area contributed by atoms with Crippen LogP contribution < -0.4 is 26.2 Å². The third-order valence-electron chi connectivity index (χ3n) is 25.2. The van der Waals surface area contributed by atoms with E-state index in [9.17, 15) is 8.78 Å². The third kappa shape index (κ3) is 20.5. The molecule has 686 valence electrons. The lowest BCUT2D eigenvalue weighted by molar-refractivity contribution is 0.122. The molecule has 0 unspecified atom stereocenters. The van der Waals surface area contributed by atoms with Gasteiger partial charge in [0.1, 0.15) is 48.1 Å². The molecule has 10 aromatic carbocycles. The Kier molecular flexibility index (Phi) is 26.8. The lowest BCUT2D eigenvalue weighted by Gasteiger charge is -2.28. The summed E-state index contributed by atoms with van der Waals surface area (Å²) in [6, 6.07) is 87.1. The fraction of sp³-hybridized carbons (Fsp3) is 0.167. The normalized spacial score (nSPS) is 13.6. The number of aryl methyl sites for hydroxylation is 4. The highest BCUT2D eigenvalue weighted by molar-refractivity contribution is 5.99. The van der Waals surface area contributed by atoms with E-state index in [1.54, 1.807) is 69.7 Å². The Morgan fingerprint density at radius 3 is 0.906 bits per heavy atom. The van der Waals surface area contributed by atoms with Gasteiger partial charge >= 0.3 is 0 Å².